The number of ketones is 1. The second kappa shape index (κ2) is 7.92. The van der Waals surface area contributed by atoms with E-state index in [1.54, 1.807) is 12.5 Å². The summed E-state index contributed by atoms with van der Waals surface area (Å²) in [4.78, 5) is 16.4. The van der Waals surface area contributed by atoms with Crippen molar-refractivity contribution in [2.75, 3.05) is 0 Å². The van der Waals surface area contributed by atoms with E-state index in [0.29, 0.717) is 24.2 Å². The van der Waals surface area contributed by atoms with Gasteiger partial charge in [-0.2, -0.15) is 0 Å². The van der Waals surface area contributed by atoms with Gasteiger partial charge in [-0.1, -0.05) is 18.6 Å². The molecule has 4 aliphatic carbocycles. The minimum Gasteiger partial charge on any atom is -0.393 e. The number of terminal acetylenes is 1. The Labute approximate surface area is 174 Å². The number of carbonyl (C=O) groups is 1. The van der Waals surface area contributed by atoms with E-state index in [1.165, 1.54) is 16.7 Å². The van der Waals surface area contributed by atoms with Gasteiger partial charge in [0.2, 0.25) is 0 Å². The molecule has 0 bridgehead atoms. The summed E-state index contributed by atoms with van der Waals surface area (Å²) in [6.07, 6.45) is 16.9. The van der Waals surface area contributed by atoms with E-state index in [1.807, 2.05) is 24.5 Å². The molecule has 0 amide bonds. The average molecular weight is 390 g/mol. The van der Waals surface area contributed by atoms with E-state index in [0.717, 1.165) is 38.5 Å². The lowest BCUT2D eigenvalue weighted by molar-refractivity contribution is -0.114. The number of fused-ring (bicyclic) bond motifs is 4. The van der Waals surface area contributed by atoms with Gasteiger partial charge in [0.15, 0.2) is 5.78 Å². The van der Waals surface area contributed by atoms with Crippen LogP contribution in [0.25, 0.3) is 0 Å². The number of allylic oxidation sites excluding steroid dienone is 4. The molecule has 0 radical (unpaired) electrons. The molecule has 0 spiro atoms. The zero-order valence-corrected chi connectivity index (χ0v) is 17.5. The first kappa shape index (κ1) is 20.1. The lowest BCUT2D eigenvalue weighted by Crippen LogP contribution is -2.45. The van der Waals surface area contributed by atoms with Crippen molar-refractivity contribution in [3.63, 3.8) is 0 Å². The van der Waals surface area contributed by atoms with Crippen molar-refractivity contribution in [1.29, 1.82) is 0 Å². The highest BCUT2D eigenvalue weighted by atomic mass is 16.3. The summed E-state index contributed by atoms with van der Waals surface area (Å²) < 4.78 is 0. The standard InChI is InChI=1S/C23H27NO2.C3H4/c1-23-12-19(15-3-2-10-24-13-15)22-17-7-5-16(25)11-14(17)4-6-18(22)20(23)8-9-21(23)26;1-3-2/h2-3,10-11,13,18-21,26H,4-9,12H2,1H3;1H,2H3. The van der Waals surface area contributed by atoms with Gasteiger partial charge in [-0.05, 0) is 91.6 Å². The molecule has 3 heteroatoms. The largest absolute Gasteiger partial charge is 0.393 e. The summed E-state index contributed by atoms with van der Waals surface area (Å²) in [5.74, 6) is 4.00. The molecule has 2 fully saturated rings. The van der Waals surface area contributed by atoms with Gasteiger partial charge in [0.05, 0.1) is 6.10 Å². The zero-order chi connectivity index (χ0) is 20.6. The van der Waals surface area contributed by atoms with E-state index in [9.17, 15) is 9.90 Å². The normalized spacial score (nSPS) is 35.4. The Hall–Kier alpha value is -2.18. The molecule has 5 atom stereocenters. The number of rotatable bonds is 1. The predicted octanol–water partition coefficient (Wildman–Crippen LogP) is 4.98. The fourth-order valence-corrected chi connectivity index (χ4v) is 6.51. The number of hydrogen-bond acceptors (Lipinski definition) is 3. The Morgan fingerprint density at radius 1 is 1.24 bits per heavy atom. The van der Waals surface area contributed by atoms with Gasteiger partial charge >= 0.3 is 0 Å². The van der Waals surface area contributed by atoms with E-state index in [2.05, 4.69) is 30.3 Å². The summed E-state index contributed by atoms with van der Waals surface area (Å²) in [7, 11) is 0. The van der Waals surface area contributed by atoms with Gasteiger partial charge in [0.1, 0.15) is 0 Å². The van der Waals surface area contributed by atoms with Crippen LogP contribution >= 0.6 is 0 Å². The molecule has 2 saturated carbocycles. The van der Waals surface area contributed by atoms with E-state index >= 15 is 0 Å². The molecule has 152 valence electrons. The molecule has 1 N–H and O–H groups in total. The minimum atomic E-state index is -0.192. The van der Waals surface area contributed by atoms with Crippen LogP contribution in [-0.2, 0) is 4.79 Å². The average Bonchev–Trinajstić information content (AvgIpc) is 3.03. The number of hydrogen-bond donors (Lipinski definition) is 1. The first-order chi connectivity index (χ1) is 14.0. The van der Waals surface area contributed by atoms with Crippen LogP contribution in [-0.4, -0.2) is 22.0 Å². The molecule has 3 nitrogen and oxygen atoms in total. The molecule has 4 aliphatic rings. The number of aliphatic hydroxyl groups excluding tert-OH is 1. The van der Waals surface area contributed by atoms with Crippen molar-refractivity contribution < 1.29 is 9.90 Å². The maximum absolute atomic E-state index is 12.0. The highest BCUT2D eigenvalue weighted by molar-refractivity contribution is 5.93. The maximum atomic E-state index is 12.0. The molecule has 29 heavy (non-hydrogen) atoms. The summed E-state index contributed by atoms with van der Waals surface area (Å²) in [5, 5.41) is 10.8. The SMILES string of the molecule is C#CC.CC12CC(c3cccnc3)C3=C4CCC(=O)C=C4CCC3C1CCC2O. The van der Waals surface area contributed by atoms with Crippen molar-refractivity contribution in [2.45, 2.75) is 70.8 Å². The Balaban J connectivity index is 0.000000645. The quantitative estimate of drug-likeness (QED) is 0.689. The van der Waals surface area contributed by atoms with Gasteiger partial charge in [-0.25, -0.2) is 0 Å². The number of carbonyl (C=O) groups excluding carboxylic acids is 1. The van der Waals surface area contributed by atoms with Gasteiger partial charge in [-0.15, -0.1) is 12.3 Å². The van der Waals surface area contributed by atoms with Crippen molar-refractivity contribution >= 4 is 5.78 Å². The highest BCUT2D eigenvalue weighted by Crippen LogP contribution is 2.63. The molecule has 0 aliphatic heterocycles. The Morgan fingerprint density at radius 3 is 2.76 bits per heavy atom. The van der Waals surface area contributed by atoms with Crippen LogP contribution in [0.5, 0.6) is 0 Å². The zero-order valence-electron chi connectivity index (χ0n) is 17.5. The Kier molecular flexibility index (Phi) is 5.49. The van der Waals surface area contributed by atoms with Crippen LogP contribution in [0.1, 0.15) is 70.3 Å². The minimum absolute atomic E-state index is 0.000931. The van der Waals surface area contributed by atoms with Crippen molar-refractivity contribution in [3.8, 4) is 12.3 Å². The molecule has 1 aromatic heterocycles. The van der Waals surface area contributed by atoms with Crippen molar-refractivity contribution in [2.24, 2.45) is 17.3 Å². The molecule has 5 rings (SSSR count). The van der Waals surface area contributed by atoms with Crippen LogP contribution in [0.4, 0.5) is 0 Å². The fraction of sp³-hybridized carbons (Fsp3) is 0.538. The monoisotopic (exact) mass is 389 g/mol. The van der Waals surface area contributed by atoms with E-state index < -0.39 is 0 Å². The van der Waals surface area contributed by atoms with Gasteiger partial charge in [-0.3, -0.25) is 9.78 Å². The lowest BCUT2D eigenvalue weighted by atomic mass is 9.53. The van der Waals surface area contributed by atoms with Gasteiger partial charge in [0, 0.05) is 24.7 Å². The van der Waals surface area contributed by atoms with Crippen molar-refractivity contribution in [1.82, 2.24) is 4.98 Å². The first-order valence-corrected chi connectivity index (χ1v) is 10.9. The Bertz CT molecular complexity index is 891. The van der Waals surface area contributed by atoms with Crippen molar-refractivity contribution in [3.05, 3.63) is 52.9 Å². The highest BCUT2D eigenvalue weighted by Gasteiger charge is 2.56. The van der Waals surface area contributed by atoms with Gasteiger partial charge < -0.3 is 5.11 Å². The Morgan fingerprint density at radius 2 is 2.03 bits per heavy atom. The number of pyridine rings is 1. The second-order valence-corrected chi connectivity index (χ2v) is 9.25. The van der Waals surface area contributed by atoms with Crippen LogP contribution in [0.15, 0.2) is 47.3 Å². The number of nitrogens with zero attached hydrogens (tertiary/aromatic N) is 1. The third-order valence-electron chi connectivity index (χ3n) is 7.77. The van der Waals surface area contributed by atoms with E-state index in [4.69, 9.17) is 0 Å². The summed E-state index contributed by atoms with van der Waals surface area (Å²) in [5.41, 5.74) is 5.62. The molecule has 1 aromatic rings. The summed E-state index contributed by atoms with van der Waals surface area (Å²) in [6.45, 7) is 3.97. The topological polar surface area (TPSA) is 50.2 Å². The maximum Gasteiger partial charge on any atom is 0.156 e. The van der Waals surface area contributed by atoms with Crippen LogP contribution in [0.2, 0.25) is 0 Å². The lowest BCUT2D eigenvalue weighted by Gasteiger charge is -2.51. The third-order valence-corrected chi connectivity index (χ3v) is 7.77. The smallest absolute Gasteiger partial charge is 0.156 e. The summed E-state index contributed by atoms with van der Waals surface area (Å²) in [6, 6.07) is 4.22. The number of aromatic nitrogens is 1. The first-order valence-electron chi connectivity index (χ1n) is 10.9. The third kappa shape index (κ3) is 3.38. The molecular weight excluding hydrogens is 358 g/mol. The number of aliphatic hydroxyl groups is 1. The van der Waals surface area contributed by atoms with Crippen LogP contribution in [0, 0.1) is 29.6 Å². The van der Waals surface area contributed by atoms with E-state index in [-0.39, 0.29) is 17.3 Å². The molecule has 1 heterocycles. The van der Waals surface area contributed by atoms with Crippen LogP contribution < -0.4 is 0 Å². The molecule has 5 unspecified atom stereocenters. The molecule has 0 saturated heterocycles. The fourth-order valence-electron chi connectivity index (χ4n) is 6.51. The summed E-state index contributed by atoms with van der Waals surface area (Å²) >= 11 is 0. The predicted molar refractivity (Wildman–Crippen MR) is 115 cm³/mol. The molecule has 0 aromatic carbocycles. The molecular formula is C26H31NO2. The van der Waals surface area contributed by atoms with Crippen LogP contribution in [0.3, 0.4) is 0 Å². The van der Waals surface area contributed by atoms with Gasteiger partial charge in [0.25, 0.3) is 0 Å². The second-order valence-electron chi connectivity index (χ2n) is 9.25.